The number of aromatic amines is 1. The molecule has 2 heterocycles. The van der Waals surface area contributed by atoms with Gasteiger partial charge < -0.3 is 9.88 Å². The van der Waals surface area contributed by atoms with Crippen LogP contribution in [-0.4, -0.2) is 33.9 Å². The Morgan fingerprint density at radius 1 is 1.28 bits per heavy atom. The topological polar surface area (TPSA) is 66.1 Å². The third kappa shape index (κ3) is 4.24. The molecular weight excluding hydrogens is 314 g/mol. The van der Waals surface area contributed by atoms with E-state index >= 15 is 0 Å². The van der Waals surface area contributed by atoms with Gasteiger partial charge in [-0.2, -0.15) is 4.98 Å². The van der Waals surface area contributed by atoms with Crippen molar-refractivity contribution in [2.45, 2.75) is 26.7 Å². The first-order valence-corrected chi connectivity index (χ1v) is 8.67. The van der Waals surface area contributed by atoms with Gasteiger partial charge in [0.05, 0.1) is 0 Å². The van der Waals surface area contributed by atoms with E-state index in [0.29, 0.717) is 19.0 Å². The second-order valence-corrected chi connectivity index (χ2v) is 6.79. The van der Waals surface area contributed by atoms with E-state index in [-0.39, 0.29) is 11.6 Å². The third-order valence-electron chi connectivity index (χ3n) is 4.29. The quantitative estimate of drug-likeness (QED) is 0.933. The molecular formula is C20H23N3O2. The van der Waals surface area contributed by atoms with Crippen LogP contribution < -0.4 is 5.69 Å². The Labute approximate surface area is 147 Å². The summed E-state index contributed by atoms with van der Waals surface area (Å²) in [5.41, 5.74) is 2.98. The van der Waals surface area contributed by atoms with Gasteiger partial charge in [-0.25, -0.2) is 4.79 Å². The molecule has 2 aromatic rings. The highest BCUT2D eigenvalue weighted by molar-refractivity contribution is 5.93. The number of amides is 1. The predicted octanol–water partition coefficient (Wildman–Crippen LogP) is 2.90. The minimum Gasteiger partial charge on any atom is -0.333 e. The van der Waals surface area contributed by atoms with Crippen LogP contribution in [0.5, 0.6) is 0 Å². The van der Waals surface area contributed by atoms with Gasteiger partial charge >= 0.3 is 5.69 Å². The van der Waals surface area contributed by atoms with Gasteiger partial charge in [-0.05, 0) is 36.0 Å². The van der Waals surface area contributed by atoms with E-state index in [1.165, 1.54) is 11.1 Å². The Balaban J connectivity index is 1.75. The molecule has 1 aromatic carbocycles. The summed E-state index contributed by atoms with van der Waals surface area (Å²) in [6.45, 7) is 5.31. The molecule has 1 N–H and O–H groups in total. The van der Waals surface area contributed by atoms with Crippen LogP contribution in [0.25, 0.3) is 5.57 Å². The SMILES string of the molecule is CC(C)Cc1cc(C(=O)N2CC=C(c3ccccc3)CC2)nc(=O)[nH]1. The Morgan fingerprint density at radius 3 is 2.68 bits per heavy atom. The fraction of sp³-hybridized carbons (Fsp3) is 0.350. The second-order valence-electron chi connectivity index (χ2n) is 6.79. The zero-order valence-electron chi connectivity index (χ0n) is 14.7. The number of nitrogens with zero attached hydrogens (tertiary/aromatic N) is 2. The normalized spacial score (nSPS) is 14.5. The van der Waals surface area contributed by atoms with Crippen LogP contribution in [0.3, 0.4) is 0 Å². The fourth-order valence-corrected chi connectivity index (χ4v) is 3.10. The Kier molecular flexibility index (Phi) is 5.12. The highest BCUT2D eigenvalue weighted by Gasteiger charge is 2.21. The van der Waals surface area contributed by atoms with Gasteiger partial charge in [-0.15, -0.1) is 0 Å². The average Bonchev–Trinajstić information content (AvgIpc) is 2.61. The van der Waals surface area contributed by atoms with Crippen molar-refractivity contribution in [1.82, 2.24) is 14.9 Å². The van der Waals surface area contributed by atoms with Crippen LogP contribution in [0.15, 0.2) is 47.3 Å². The van der Waals surface area contributed by atoms with Gasteiger partial charge in [-0.1, -0.05) is 50.3 Å². The van der Waals surface area contributed by atoms with Crippen LogP contribution in [-0.2, 0) is 6.42 Å². The summed E-state index contributed by atoms with van der Waals surface area (Å²) in [4.78, 5) is 32.8. The molecule has 0 atom stereocenters. The lowest BCUT2D eigenvalue weighted by atomic mass is 9.99. The van der Waals surface area contributed by atoms with Crippen molar-refractivity contribution in [3.05, 3.63) is 69.9 Å². The van der Waals surface area contributed by atoms with E-state index in [9.17, 15) is 9.59 Å². The molecule has 0 spiro atoms. The van der Waals surface area contributed by atoms with E-state index in [1.54, 1.807) is 11.0 Å². The minimum absolute atomic E-state index is 0.181. The molecule has 1 amide bonds. The van der Waals surface area contributed by atoms with Crippen LogP contribution >= 0.6 is 0 Å². The maximum atomic E-state index is 12.7. The summed E-state index contributed by atoms with van der Waals surface area (Å²) in [6, 6.07) is 11.9. The van der Waals surface area contributed by atoms with Crippen molar-refractivity contribution in [2.75, 3.05) is 13.1 Å². The number of nitrogens with one attached hydrogen (secondary N) is 1. The van der Waals surface area contributed by atoms with Gasteiger partial charge in [0.25, 0.3) is 5.91 Å². The minimum atomic E-state index is -0.459. The van der Waals surface area contributed by atoms with Crippen LogP contribution in [0, 0.1) is 5.92 Å². The Hall–Kier alpha value is -2.69. The zero-order valence-corrected chi connectivity index (χ0v) is 14.7. The third-order valence-corrected chi connectivity index (χ3v) is 4.29. The summed E-state index contributed by atoms with van der Waals surface area (Å²) < 4.78 is 0. The molecule has 0 saturated carbocycles. The lowest BCUT2D eigenvalue weighted by molar-refractivity contribution is 0.0766. The molecule has 5 nitrogen and oxygen atoms in total. The molecule has 0 aliphatic carbocycles. The molecule has 130 valence electrons. The summed E-state index contributed by atoms with van der Waals surface area (Å²) in [6.07, 6.45) is 3.60. The van der Waals surface area contributed by atoms with Gasteiger partial charge in [0.15, 0.2) is 0 Å². The van der Waals surface area contributed by atoms with E-state index in [2.05, 4.69) is 42.0 Å². The number of rotatable bonds is 4. The number of hydrogen-bond acceptors (Lipinski definition) is 3. The van der Waals surface area contributed by atoms with E-state index in [0.717, 1.165) is 18.5 Å². The molecule has 1 aromatic heterocycles. The second kappa shape index (κ2) is 7.47. The van der Waals surface area contributed by atoms with Crippen LogP contribution in [0.4, 0.5) is 0 Å². The number of carbonyl (C=O) groups excluding carboxylic acids is 1. The van der Waals surface area contributed by atoms with Crippen molar-refractivity contribution in [3.8, 4) is 0 Å². The molecule has 0 unspecified atom stereocenters. The Bertz CT molecular complexity index is 838. The molecule has 0 bridgehead atoms. The lowest BCUT2D eigenvalue weighted by Gasteiger charge is -2.26. The van der Waals surface area contributed by atoms with Gasteiger partial charge in [-0.3, -0.25) is 4.79 Å². The zero-order chi connectivity index (χ0) is 17.8. The monoisotopic (exact) mass is 337 g/mol. The largest absolute Gasteiger partial charge is 0.345 e. The molecule has 0 radical (unpaired) electrons. The van der Waals surface area contributed by atoms with Crippen LogP contribution in [0.2, 0.25) is 0 Å². The Morgan fingerprint density at radius 2 is 2.04 bits per heavy atom. The standard InChI is InChI=1S/C20H23N3O2/c1-14(2)12-17-13-18(22-20(25)21-17)19(24)23-10-8-16(9-11-23)15-6-4-3-5-7-15/h3-8,13-14H,9-12H2,1-2H3,(H,21,22,25). The molecule has 3 rings (SSSR count). The molecule has 0 fully saturated rings. The number of benzene rings is 1. The van der Waals surface area contributed by atoms with Crippen molar-refractivity contribution < 1.29 is 4.79 Å². The van der Waals surface area contributed by atoms with Crippen LogP contribution in [0.1, 0.15) is 42.0 Å². The van der Waals surface area contributed by atoms with E-state index in [4.69, 9.17) is 0 Å². The average molecular weight is 337 g/mol. The number of hydrogen-bond donors (Lipinski definition) is 1. The smallest absolute Gasteiger partial charge is 0.333 e. The molecule has 1 aliphatic heterocycles. The highest BCUT2D eigenvalue weighted by Crippen LogP contribution is 2.22. The van der Waals surface area contributed by atoms with Gasteiger partial charge in [0.2, 0.25) is 0 Å². The summed E-state index contributed by atoms with van der Waals surface area (Å²) in [5, 5.41) is 0. The van der Waals surface area contributed by atoms with E-state index in [1.807, 2.05) is 18.2 Å². The molecule has 25 heavy (non-hydrogen) atoms. The first kappa shape index (κ1) is 17.1. The fourth-order valence-electron chi connectivity index (χ4n) is 3.10. The number of H-pyrrole nitrogens is 1. The van der Waals surface area contributed by atoms with Crippen molar-refractivity contribution in [3.63, 3.8) is 0 Å². The summed E-state index contributed by atoms with van der Waals surface area (Å²) >= 11 is 0. The molecule has 1 aliphatic rings. The van der Waals surface area contributed by atoms with Crippen molar-refractivity contribution in [2.24, 2.45) is 5.92 Å². The first-order valence-electron chi connectivity index (χ1n) is 8.67. The summed E-state index contributed by atoms with van der Waals surface area (Å²) in [5.74, 6) is 0.215. The molecule has 0 saturated heterocycles. The lowest BCUT2D eigenvalue weighted by Crippen LogP contribution is -2.36. The predicted molar refractivity (Wildman–Crippen MR) is 98.3 cm³/mol. The van der Waals surface area contributed by atoms with Gasteiger partial charge in [0, 0.05) is 18.8 Å². The van der Waals surface area contributed by atoms with E-state index < -0.39 is 5.69 Å². The first-order chi connectivity index (χ1) is 12.0. The van der Waals surface area contributed by atoms with Crippen molar-refractivity contribution in [1.29, 1.82) is 0 Å². The number of carbonyl (C=O) groups is 1. The maximum absolute atomic E-state index is 12.7. The number of aromatic nitrogens is 2. The summed E-state index contributed by atoms with van der Waals surface area (Å²) in [7, 11) is 0. The highest BCUT2D eigenvalue weighted by atomic mass is 16.2. The van der Waals surface area contributed by atoms with Gasteiger partial charge in [0.1, 0.15) is 5.69 Å². The van der Waals surface area contributed by atoms with Crippen molar-refractivity contribution >= 4 is 11.5 Å². The maximum Gasteiger partial charge on any atom is 0.345 e. The molecule has 5 heteroatoms.